The third kappa shape index (κ3) is 2.65. The molecule has 0 spiro atoms. The van der Waals surface area contributed by atoms with Gasteiger partial charge in [-0.1, -0.05) is 51.0 Å². The Morgan fingerprint density at radius 3 is 2.85 bits per heavy atom. The molecule has 2 aliphatic rings. The fourth-order valence-electron chi connectivity index (χ4n) is 4.15. The molecule has 1 aromatic carbocycles. The molecular formula is C19H29N. The summed E-state index contributed by atoms with van der Waals surface area (Å²) in [5.41, 5.74) is 3.65. The number of hydrogen-bond acceptors (Lipinski definition) is 1. The van der Waals surface area contributed by atoms with Gasteiger partial charge in [-0.15, -0.1) is 0 Å². The summed E-state index contributed by atoms with van der Waals surface area (Å²) in [5, 5.41) is 3.85. The molecule has 1 saturated carbocycles. The van der Waals surface area contributed by atoms with E-state index in [1.54, 1.807) is 11.1 Å². The summed E-state index contributed by atoms with van der Waals surface area (Å²) in [6.45, 7) is 6.00. The van der Waals surface area contributed by atoms with E-state index >= 15 is 0 Å². The summed E-state index contributed by atoms with van der Waals surface area (Å²) in [4.78, 5) is 0. The van der Waals surface area contributed by atoms with E-state index < -0.39 is 0 Å². The minimum Gasteiger partial charge on any atom is -0.313 e. The first-order valence-electron chi connectivity index (χ1n) is 8.58. The van der Waals surface area contributed by atoms with Crippen LogP contribution >= 0.6 is 0 Å². The SMILES string of the molecule is CCCC(C)C1(CNC2CC2)CCCc2ccccc21. The predicted molar refractivity (Wildman–Crippen MR) is 86.2 cm³/mol. The zero-order valence-electron chi connectivity index (χ0n) is 13.1. The molecule has 0 aromatic heterocycles. The van der Waals surface area contributed by atoms with Crippen molar-refractivity contribution in [3.05, 3.63) is 35.4 Å². The van der Waals surface area contributed by atoms with Crippen molar-refractivity contribution in [2.75, 3.05) is 6.54 Å². The highest BCUT2D eigenvalue weighted by Crippen LogP contribution is 2.44. The maximum absolute atomic E-state index is 3.85. The maximum Gasteiger partial charge on any atom is 0.0106 e. The number of rotatable bonds is 6. The van der Waals surface area contributed by atoms with E-state index in [1.165, 1.54) is 51.5 Å². The van der Waals surface area contributed by atoms with Gasteiger partial charge in [0.2, 0.25) is 0 Å². The molecular weight excluding hydrogens is 242 g/mol. The highest BCUT2D eigenvalue weighted by atomic mass is 15.0. The van der Waals surface area contributed by atoms with Crippen molar-refractivity contribution in [1.82, 2.24) is 5.32 Å². The van der Waals surface area contributed by atoms with Gasteiger partial charge in [0.15, 0.2) is 0 Å². The van der Waals surface area contributed by atoms with Crippen LogP contribution in [-0.4, -0.2) is 12.6 Å². The quantitative estimate of drug-likeness (QED) is 0.806. The van der Waals surface area contributed by atoms with Crippen LogP contribution in [0.1, 0.15) is 63.5 Å². The van der Waals surface area contributed by atoms with Gasteiger partial charge in [-0.3, -0.25) is 0 Å². The number of nitrogens with one attached hydrogen (secondary N) is 1. The van der Waals surface area contributed by atoms with Crippen molar-refractivity contribution in [1.29, 1.82) is 0 Å². The van der Waals surface area contributed by atoms with Crippen molar-refractivity contribution in [2.24, 2.45) is 5.92 Å². The maximum atomic E-state index is 3.85. The second kappa shape index (κ2) is 5.89. The zero-order valence-corrected chi connectivity index (χ0v) is 13.1. The van der Waals surface area contributed by atoms with Crippen LogP contribution in [0.15, 0.2) is 24.3 Å². The average molecular weight is 271 g/mol. The fourth-order valence-corrected chi connectivity index (χ4v) is 4.15. The van der Waals surface area contributed by atoms with E-state index in [-0.39, 0.29) is 0 Å². The summed E-state index contributed by atoms with van der Waals surface area (Å²) in [6.07, 6.45) is 9.43. The normalized spacial score (nSPS) is 27.1. The van der Waals surface area contributed by atoms with Crippen molar-refractivity contribution < 1.29 is 0 Å². The zero-order chi connectivity index (χ0) is 14.0. The Morgan fingerprint density at radius 1 is 1.30 bits per heavy atom. The second-order valence-electron chi connectivity index (χ2n) is 7.01. The van der Waals surface area contributed by atoms with E-state index in [0.29, 0.717) is 5.41 Å². The minimum absolute atomic E-state index is 0.382. The smallest absolute Gasteiger partial charge is 0.0106 e. The van der Waals surface area contributed by atoms with Gasteiger partial charge in [0.05, 0.1) is 0 Å². The van der Waals surface area contributed by atoms with E-state index in [4.69, 9.17) is 0 Å². The molecule has 1 nitrogen and oxygen atoms in total. The molecule has 2 atom stereocenters. The summed E-state index contributed by atoms with van der Waals surface area (Å²) < 4.78 is 0. The third-order valence-electron chi connectivity index (χ3n) is 5.57. The Kier molecular flexibility index (Phi) is 4.16. The lowest BCUT2D eigenvalue weighted by atomic mass is 9.62. The van der Waals surface area contributed by atoms with Gasteiger partial charge in [-0.2, -0.15) is 0 Å². The van der Waals surface area contributed by atoms with Gasteiger partial charge in [0, 0.05) is 18.0 Å². The molecule has 20 heavy (non-hydrogen) atoms. The van der Waals surface area contributed by atoms with Gasteiger partial charge in [-0.05, 0) is 49.1 Å². The Balaban J connectivity index is 1.91. The molecule has 3 rings (SSSR count). The molecule has 2 unspecified atom stereocenters. The molecule has 1 N–H and O–H groups in total. The molecule has 0 aliphatic heterocycles. The lowest BCUT2D eigenvalue weighted by Crippen LogP contribution is -2.46. The summed E-state index contributed by atoms with van der Waals surface area (Å²) in [5.74, 6) is 0.778. The number of benzene rings is 1. The van der Waals surface area contributed by atoms with Crippen molar-refractivity contribution in [3.63, 3.8) is 0 Å². The molecule has 1 fully saturated rings. The molecule has 0 bridgehead atoms. The van der Waals surface area contributed by atoms with Crippen molar-refractivity contribution in [2.45, 2.75) is 70.3 Å². The molecule has 0 heterocycles. The topological polar surface area (TPSA) is 12.0 Å². The lowest BCUT2D eigenvalue weighted by molar-refractivity contribution is 0.222. The second-order valence-corrected chi connectivity index (χ2v) is 7.01. The standard InChI is InChI=1S/C19H29N/c1-3-7-15(2)19(14-20-17-11-12-17)13-6-9-16-8-4-5-10-18(16)19/h4-5,8,10,15,17,20H,3,6-7,9,11-14H2,1-2H3. The van der Waals surface area contributed by atoms with Gasteiger partial charge in [0.1, 0.15) is 0 Å². The first-order valence-corrected chi connectivity index (χ1v) is 8.58. The van der Waals surface area contributed by atoms with E-state index in [1.807, 2.05) is 0 Å². The molecule has 110 valence electrons. The molecule has 1 heteroatoms. The van der Waals surface area contributed by atoms with Crippen LogP contribution in [0.2, 0.25) is 0 Å². The molecule has 0 saturated heterocycles. The lowest BCUT2D eigenvalue weighted by Gasteiger charge is -2.44. The van der Waals surface area contributed by atoms with Crippen molar-refractivity contribution >= 4 is 0 Å². The van der Waals surface area contributed by atoms with Crippen LogP contribution in [0.5, 0.6) is 0 Å². The van der Waals surface area contributed by atoms with Crippen LogP contribution in [0.3, 0.4) is 0 Å². The Bertz CT molecular complexity index is 449. The average Bonchev–Trinajstić information content (AvgIpc) is 3.29. The van der Waals surface area contributed by atoms with E-state index in [0.717, 1.165) is 12.0 Å². The van der Waals surface area contributed by atoms with Crippen LogP contribution in [0.4, 0.5) is 0 Å². The first-order chi connectivity index (χ1) is 9.76. The van der Waals surface area contributed by atoms with Gasteiger partial charge in [-0.25, -0.2) is 0 Å². The van der Waals surface area contributed by atoms with Crippen LogP contribution in [-0.2, 0) is 11.8 Å². The van der Waals surface area contributed by atoms with Gasteiger partial charge in [0.25, 0.3) is 0 Å². The summed E-state index contributed by atoms with van der Waals surface area (Å²) in [6, 6.07) is 10.0. The third-order valence-corrected chi connectivity index (χ3v) is 5.57. The fraction of sp³-hybridized carbons (Fsp3) is 0.684. The molecule has 0 amide bonds. The summed E-state index contributed by atoms with van der Waals surface area (Å²) in [7, 11) is 0. The Hall–Kier alpha value is -0.820. The van der Waals surface area contributed by atoms with Gasteiger partial charge < -0.3 is 5.32 Å². The van der Waals surface area contributed by atoms with E-state index in [2.05, 4.69) is 43.4 Å². The highest BCUT2D eigenvalue weighted by Gasteiger charge is 2.41. The highest BCUT2D eigenvalue weighted by molar-refractivity contribution is 5.38. The first kappa shape index (κ1) is 14.1. The predicted octanol–water partition coefficient (Wildman–Crippen LogP) is 4.45. The molecule has 1 aromatic rings. The number of aryl methyl sites for hydroxylation is 1. The van der Waals surface area contributed by atoms with Crippen LogP contribution in [0, 0.1) is 5.92 Å². The van der Waals surface area contributed by atoms with Crippen molar-refractivity contribution in [3.8, 4) is 0 Å². The molecule has 2 aliphatic carbocycles. The monoisotopic (exact) mass is 271 g/mol. The Labute approximate surface area is 124 Å². The number of fused-ring (bicyclic) bond motifs is 1. The minimum atomic E-state index is 0.382. The Morgan fingerprint density at radius 2 is 2.10 bits per heavy atom. The van der Waals surface area contributed by atoms with Crippen LogP contribution in [0.25, 0.3) is 0 Å². The van der Waals surface area contributed by atoms with Crippen LogP contribution < -0.4 is 5.32 Å². The number of hydrogen-bond donors (Lipinski definition) is 1. The summed E-state index contributed by atoms with van der Waals surface area (Å²) >= 11 is 0. The molecule has 0 radical (unpaired) electrons. The van der Waals surface area contributed by atoms with E-state index in [9.17, 15) is 0 Å². The van der Waals surface area contributed by atoms with Gasteiger partial charge >= 0.3 is 0 Å². The largest absolute Gasteiger partial charge is 0.313 e.